The molecule has 18 heavy (non-hydrogen) atoms. The van der Waals surface area contributed by atoms with Gasteiger partial charge in [0.2, 0.25) is 0 Å². The van der Waals surface area contributed by atoms with Crippen molar-refractivity contribution in [1.29, 1.82) is 0 Å². The molecule has 1 aliphatic heterocycles. The Bertz CT molecular complexity index is 415. The first-order valence-corrected chi connectivity index (χ1v) is 6.42. The van der Waals surface area contributed by atoms with Crippen LogP contribution in [0.25, 0.3) is 0 Å². The fraction of sp³-hybridized carbons (Fsp3) is 0.500. The van der Waals surface area contributed by atoms with Crippen LogP contribution in [0.1, 0.15) is 12.0 Å². The Morgan fingerprint density at radius 3 is 2.89 bits per heavy atom. The summed E-state index contributed by atoms with van der Waals surface area (Å²) < 4.78 is 5.85. The van der Waals surface area contributed by atoms with Crippen molar-refractivity contribution in [2.75, 3.05) is 40.3 Å². The highest BCUT2D eigenvalue weighted by Crippen LogP contribution is 2.19. The Labute approximate surface area is 109 Å². The van der Waals surface area contributed by atoms with E-state index in [0.717, 1.165) is 49.8 Å². The number of rotatable bonds is 6. The zero-order chi connectivity index (χ0) is 12.8. The topological polar surface area (TPSA) is 36.9 Å². The van der Waals surface area contributed by atoms with Crippen molar-refractivity contribution < 1.29 is 4.74 Å². The van der Waals surface area contributed by atoms with Gasteiger partial charge in [-0.2, -0.15) is 0 Å². The second kappa shape index (κ2) is 6.40. The Morgan fingerprint density at radius 2 is 2.17 bits per heavy atom. The second-order valence-corrected chi connectivity index (χ2v) is 4.66. The van der Waals surface area contributed by atoms with E-state index in [1.165, 1.54) is 0 Å². The number of para-hydroxylation sites is 1. The second-order valence-electron chi connectivity index (χ2n) is 4.66. The molecular weight excluding hydrogens is 226 g/mol. The van der Waals surface area contributed by atoms with Gasteiger partial charge in [-0.15, -0.1) is 0 Å². The average molecular weight is 247 g/mol. The lowest BCUT2D eigenvalue weighted by Gasteiger charge is -2.13. The summed E-state index contributed by atoms with van der Waals surface area (Å²) in [6.07, 6.45) is 1.03. The van der Waals surface area contributed by atoms with Crippen LogP contribution in [0.4, 0.5) is 0 Å². The van der Waals surface area contributed by atoms with Gasteiger partial charge in [0.25, 0.3) is 0 Å². The third-order valence-corrected chi connectivity index (χ3v) is 2.82. The van der Waals surface area contributed by atoms with Crippen molar-refractivity contribution in [1.82, 2.24) is 10.2 Å². The largest absolute Gasteiger partial charge is 0.493 e. The molecule has 2 rings (SSSR count). The summed E-state index contributed by atoms with van der Waals surface area (Å²) in [5, 5.41) is 3.28. The van der Waals surface area contributed by atoms with Gasteiger partial charge in [-0.3, -0.25) is 4.99 Å². The van der Waals surface area contributed by atoms with Crippen molar-refractivity contribution >= 4 is 5.84 Å². The fourth-order valence-electron chi connectivity index (χ4n) is 1.93. The number of hydrogen-bond acceptors (Lipinski definition) is 4. The molecule has 0 bridgehead atoms. The van der Waals surface area contributed by atoms with E-state index in [1.807, 2.05) is 18.2 Å². The van der Waals surface area contributed by atoms with Crippen molar-refractivity contribution in [2.24, 2.45) is 4.99 Å². The number of nitrogens with one attached hydrogen (secondary N) is 1. The Morgan fingerprint density at radius 1 is 1.33 bits per heavy atom. The Kier molecular flexibility index (Phi) is 4.59. The molecule has 4 nitrogen and oxygen atoms in total. The van der Waals surface area contributed by atoms with Crippen LogP contribution in [0.15, 0.2) is 29.3 Å². The molecule has 1 aromatic carbocycles. The third kappa shape index (κ3) is 3.47. The number of aliphatic imine (C=N–C) groups is 1. The average Bonchev–Trinajstić information content (AvgIpc) is 2.88. The van der Waals surface area contributed by atoms with Crippen LogP contribution in [0.2, 0.25) is 0 Å². The first-order valence-electron chi connectivity index (χ1n) is 6.42. The lowest BCUT2D eigenvalue weighted by Crippen LogP contribution is -2.21. The van der Waals surface area contributed by atoms with E-state index in [1.54, 1.807) is 0 Å². The monoisotopic (exact) mass is 247 g/mol. The normalized spacial score (nSPS) is 14.5. The first-order chi connectivity index (χ1) is 8.77. The van der Waals surface area contributed by atoms with Crippen LogP contribution in [0.3, 0.4) is 0 Å². The highest BCUT2D eigenvalue weighted by Gasteiger charge is 2.12. The summed E-state index contributed by atoms with van der Waals surface area (Å²) in [4.78, 5) is 6.60. The molecule has 1 aliphatic rings. The maximum absolute atomic E-state index is 5.85. The summed E-state index contributed by atoms with van der Waals surface area (Å²) in [6, 6.07) is 8.08. The molecule has 0 amide bonds. The minimum Gasteiger partial charge on any atom is -0.493 e. The van der Waals surface area contributed by atoms with Crippen molar-refractivity contribution in [3.63, 3.8) is 0 Å². The van der Waals surface area contributed by atoms with E-state index in [9.17, 15) is 0 Å². The lowest BCUT2D eigenvalue weighted by atomic mass is 10.2. The summed E-state index contributed by atoms with van der Waals surface area (Å²) in [5.41, 5.74) is 1.07. The molecule has 0 aliphatic carbocycles. The number of ether oxygens (including phenoxy) is 1. The molecule has 98 valence electrons. The Hall–Kier alpha value is -1.55. The highest BCUT2D eigenvalue weighted by atomic mass is 16.5. The van der Waals surface area contributed by atoms with Crippen LogP contribution in [0, 0.1) is 0 Å². The van der Waals surface area contributed by atoms with Gasteiger partial charge >= 0.3 is 0 Å². The maximum atomic E-state index is 5.85. The van der Waals surface area contributed by atoms with Crippen LogP contribution < -0.4 is 10.1 Å². The summed E-state index contributed by atoms with van der Waals surface area (Å²) in [6.45, 7) is 3.55. The van der Waals surface area contributed by atoms with E-state index in [2.05, 4.69) is 35.4 Å². The standard InChI is InChI=1S/C14H21N3O/c1-17(2)10-5-11-18-13-7-4-3-6-12(13)14-15-8-9-16-14/h3-4,6-7H,5,8-11H2,1-2H3,(H,15,16). The minimum atomic E-state index is 0.739. The zero-order valence-electron chi connectivity index (χ0n) is 11.1. The predicted octanol–water partition coefficient (Wildman–Crippen LogP) is 1.37. The van der Waals surface area contributed by atoms with Gasteiger partial charge in [0.05, 0.1) is 18.7 Å². The summed E-state index contributed by atoms with van der Waals surface area (Å²) >= 11 is 0. The molecule has 1 aromatic rings. The lowest BCUT2D eigenvalue weighted by molar-refractivity contribution is 0.281. The van der Waals surface area contributed by atoms with Gasteiger partial charge in [0.15, 0.2) is 0 Å². The van der Waals surface area contributed by atoms with Gasteiger partial charge in [-0.1, -0.05) is 12.1 Å². The summed E-state index contributed by atoms with van der Waals surface area (Å²) in [5.74, 6) is 1.88. The van der Waals surface area contributed by atoms with E-state index >= 15 is 0 Å². The van der Waals surface area contributed by atoms with Gasteiger partial charge in [-0.05, 0) is 32.6 Å². The van der Waals surface area contributed by atoms with Crippen LogP contribution >= 0.6 is 0 Å². The third-order valence-electron chi connectivity index (χ3n) is 2.82. The minimum absolute atomic E-state index is 0.739. The van der Waals surface area contributed by atoms with E-state index in [4.69, 9.17) is 4.74 Å². The van der Waals surface area contributed by atoms with Gasteiger partial charge in [0, 0.05) is 13.1 Å². The van der Waals surface area contributed by atoms with Crippen LogP contribution in [0.5, 0.6) is 5.75 Å². The molecular formula is C14H21N3O. The number of amidine groups is 1. The predicted molar refractivity (Wildman–Crippen MR) is 74.5 cm³/mol. The molecule has 1 heterocycles. The molecule has 1 N–H and O–H groups in total. The smallest absolute Gasteiger partial charge is 0.132 e. The molecule has 0 radical (unpaired) electrons. The SMILES string of the molecule is CN(C)CCCOc1ccccc1C1=NCCN1. The first kappa shape index (κ1) is 12.9. The van der Waals surface area contributed by atoms with Crippen molar-refractivity contribution in [3.05, 3.63) is 29.8 Å². The van der Waals surface area contributed by atoms with E-state index in [-0.39, 0.29) is 0 Å². The van der Waals surface area contributed by atoms with E-state index < -0.39 is 0 Å². The van der Waals surface area contributed by atoms with Gasteiger partial charge in [-0.25, -0.2) is 0 Å². The quantitative estimate of drug-likeness (QED) is 0.771. The molecule has 0 spiro atoms. The molecule has 0 aromatic heterocycles. The molecule has 0 unspecified atom stereocenters. The van der Waals surface area contributed by atoms with Gasteiger partial charge in [0.1, 0.15) is 11.6 Å². The molecule has 0 saturated carbocycles. The van der Waals surface area contributed by atoms with Crippen LogP contribution in [-0.2, 0) is 0 Å². The van der Waals surface area contributed by atoms with Crippen LogP contribution in [-0.4, -0.2) is 51.1 Å². The fourth-order valence-corrected chi connectivity index (χ4v) is 1.93. The van der Waals surface area contributed by atoms with E-state index in [0.29, 0.717) is 0 Å². The van der Waals surface area contributed by atoms with Gasteiger partial charge < -0.3 is 15.0 Å². The number of benzene rings is 1. The number of hydrogen-bond donors (Lipinski definition) is 1. The van der Waals surface area contributed by atoms with Crippen molar-refractivity contribution in [2.45, 2.75) is 6.42 Å². The Balaban J connectivity index is 1.95. The summed E-state index contributed by atoms with van der Waals surface area (Å²) in [7, 11) is 4.15. The maximum Gasteiger partial charge on any atom is 0.132 e. The highest BCUT2D eigenvalue weighted by molar-refractivity contribution is 6.02. The van der Waals surface area contributed by atoms with Crippen molar-refractivity contribution in [3.8, 4) is 5.75 Å². The molecule has 0 fully saturated rings. The molecule has 4 heteroatoms. The zero-order valence-corrected chi connectivity index (χ0v) is 11.1. The molecule has 0 saturated heterocycles. The number of nitrogens with zero attached hydrogens (tertiary/aromatic N) is 2. The molecule has 0 atom stereocenters.